The van der Waals surface area contributed by atoms with Gasteiger partial charge in [-0.05, 0) is 82.0 Å². The second-order valence-corrected chi connectivity index (χ2v) is 15.5. The lowest BCUT2D eigenvalue weighted by Crippen LogP contribution is -2.40. The van der Waals surface area contributed by atoms with Gasteiger partial charge < -0.3 is 10.1 Å². The van der Waals surface area contributed by atoms with E-state index < -0.39 is 10.0 Å². The van der Waals surface area contributed by atoms with Gasteiger partial charge in [-0.25, -0.2) is 13.4 Å². The van der Waals surface area contributed by atoms with Gasteiger partial charge in [-0.1, -0.05) is 12.1 Å². The minimum Gasteiger partial charge on any atom is -0.466 e. The Bertz CT molecular complexity index is 1750. The van der Waals surface area contributed by atoms with Crippen LogP contribution in [-0.4, -0.2) is 66.8 Å². The summed E-state index contributed by atoms with van der Waals surface area (Å²) in [6, 6.07) is 14.5. The normalized spacial score (nSPS) is 16.7. The van der Waals surface area contributed by atoms with E-state index in [0.29, 0.717) is 31.1 Å². The number of piperidine rings is 1. The molecule has 0 saturated carbocycles. The minimum atomic E-state index is -3.75. The number of carbonyl (C=O) groups is 2. The molecule has 2 aromatic carbocycles. The van der Waals surface area contributed by atoms with E-state index in [1.165, 1.54) is 26.9 Å². The van der Waals surface area contributed by atoms with E-state index in [0.717, 1.165) is 45.3 Å². The quantitative estimate of drug-likeness (QED) is 0.232. The van der Waals surface area contributed by atoms with Crippen molar-refractivity contribution in [2.75, 3.05) is 31.6 Å². The molecule has 0 spiro atoms. The minimum absolute atomic E-state index is 0.124. The van der Waals surface area contributed by atoms with E-state index in [1.54, 1.807) is 41.7 Å². The summed E-state index contributed by atoms with van der Waals surface area (Å²) in [7, 11) is -3.75. The molecular formula is C32H36N4O5S3. The Morgan fingerprint density at radius 2 is 1.77 bits per heavy atom. The summed E-state index contributed by atoms with van der Waals surface area (Å²) in [6.07, 6.45) is 1.74. The molecule has 232 valence electrons. The number of benzene rings is 2. The smallest absolute Gasteiger partial charge is 0.309 e. The fourth-order valence-electron chi connectivity index (χ4n) is 5.85. The van der Waals surface area contributed by atoms with Gasteiger partial charge in [0.25, 0.3) is 5.91 Å². The van der Waals surface area contributed by atoms with Gasteiger partial charge in [-0.3, -0.25) is 14.5 Å². The average Bonchev–Trinajstić information content (AvgIpc) is 3.61. The zero-order chi connectivity index (χ0) is 31.0. The first kappa shape index (κ1) is 30.8. The van der Waals surface area contributed by atoms with E-state index in [4.69, 9.17) is 9.72 Å². The Balaban J connectivity index is 1.22. The van der Waals surface area contributed by atoms with E-state index in [9.17, 15) is 18.0 Å². The highest BCUT2D eigenvalue weighted by atomic mass is 32.2. The first-order valence-electron chi connectivity index (χ1n) is 15.0. The number of para-hydroxylation sites is 1. The molecule has 9 nitrogen and oxygen atoms in total. The molecule has 44 heavy (non-hydrogen) atoms. The number of sulfonamides is 1. The number of amides is 1. The number of ether oxygens (including phenoxy) is 1. The number of nitrogens with one attached hydrogen (secondary N) is 1. The van der Waals surface area contributed by atoms with Crippen LogP contribution in [0.1, 0.15) is 54.4 Å². The van der Waals surface area contributed by atoms with Crippen molar-refractivity contribution in [1.82, 2.24) is 14.2 Å². The standard InChI is InChI=1S/C32H36N4O5S3/c1-4-41-32(38)22-13-17-36(18-14-22)44(39,40)23-11-9-21(10-12-23)29(37)34-31-28(30-33-25-7-5-6-8-26(25)42-30)24-15-16-35(20(2)3)19-27(24)43-31/h5-12,20,22H,4,13-19H2,1-3H3,(H,34,37). The van der Waals surface area contributed by atoms with Crippen molar-refractivity contribution in [3.05, 3.63) is 64.5 Å². The Labute approximate surface area is 265 Å². The Morgan fingerprint density at radius 3 is 2.45 bits per heavy atom. The Kier molecular flexibility index (Phi) is 8.89. The zero-order valence-corrected chi connectivity index (χ0v) is 27.5. The average molecular weight is 653 g/mol. The number of hydrogen-bond acceptors (Lipinski definition) is 9. The van der Waals surface area contributed by atoms with E-state index in [2.05, 4.69) is 30.1 Å². The number of aromatic nitrogens is 1. The predicted octanol–water partition coefficient (Wildman–Crippen LogP) is 6.01. The maximum absolute atomic E-state index is 13.5. The van der Waals surface area contributed by atoms with Gasteiger partial charge in [-0.2, -0.15) is 4.31 Å². The summed E-state index contributed by atoms with van der Waals surface area (Å²) in [5, 5.41) is 4.81. The number of thiophene rings is 1. The number of carbonyl (C=O) groups excluding carboxylic acids is 2. The Hall–Kier alpha value is -3.16. The lowest BCUT2D eigenvalue weighted by Gasteiger charge is -2.30. The molecule has 1 fully saturated rings. The molecule has 1 N–H and O–H groups in total. The van der Waals surface area contributed by atoms with Crippen LogP contribution in [0.2, 0.25) is 0 Å². The van der Waals surface area contributed by atoms with Crippen molar-refractivity contribution in [3.8, 4) is 10.6 Å². The van der Waals surface area contributed by atoms with E-state index >= 15 is 0 Å². The van der Waals surface area contributed by atoms with Crippen LogP contribution in [0.5, 0.6) is 0 Å². The molecule has 6 rings (SSSR count). The van der Waals surface area contributed by atoms with Crippen molar-refractivity contribution >= 4 is 59.8 Å². The van der Waals surface area contributed by atoms with Gasteiger partial charge >= 0.3 is 5.97 Å². The van der Waals surface area contributed by atoms with Crippen molar-refractivity contribution in [1.29, 1.82) is 0 Å². The lowest BCUT2D eigenvalue weighted by molar-refractivity contribution is -0.149. The van der Waals surface area contributed by atoms with Gasteiger partial charge in [0, 0.05) is 48.2 Å². The van der Waals surface area contributed by atoms with Gasteiger partial charge in [0.15, 0.2) is 0 Å². The third-order valence-electron chi connectivity index (χ3n) is 8.38. The first-order chi connectivity index (χ1) is 21.2. The third kappa shape index (κ3) is 6.05. The number of rotatable bonds is 8. The molecule has 2 aliphatic heterocycles. The maximum Gasteiger partial charge on any atom is 0.309 e. The van der Waals surface area contributed by atoms with Crippen LogP contribution < -0.4 is 5.32 Å². The predicted molar refractivity (Wildman–Crippen MR) is 175 cm³/mol. The summed E-state index contributed by atoms with van der Waals surface area (Å²) in [6.45, 7) is 8.75. The molecule has 2 aliphatic rings. The van der Waals surface area contributed by atoms with Gasteiger partial charge in [0.1, 0.15) is 10.0 Å². The molecule has 4 heterocycles. The van der Waals surface area contributed by atoms with Crippen LogP contribution in [-0.2, 0) is 32.5 Å². The highest BCUT2D eigenvalue weighted by Gasteiger charge is 2.33. The number of fused-ring (bicyclic) bond motifs is 2. The largest absolute Gasteiger partial charge is 0.466 e. The van der Waals surface area contributed by atoms with Crippen molar-refractivity contribution in [3.63, 3.8) is 0 Å². The number of anilines is 1. The highest BCUT2D eigenvalue weighted by molar-refractivity contribution is 7.89. The fraction of sp³-hybridized carbons (Fsp3) is 0.406. The molecule has 0 aliphatic carbocycles. The molecule has 0 bridgehead atoms. The Morgan fingerprint density at radius 1 is 1.05 bits per heavy atom. The summed E-state index contributed by atoms with van der Waals surface area (Å²) in [4.78, 5) is 34.3. The van der Waals surface area contributed by atoms with Crippen LogP contribution in [0.3, 0.4) is 0 Å². The summed E-state index contributed by atoms with van der Waals surface area (Å²) < 4.78 is 34.2. The molecule has 2 aromatic heterocycles. The first-order valence-corrected chi connectivity index (χ1v) is 18.1. The molecule has 1 amide bonds. The summed E-state index contributed by atoms with van der Waals surface area (Å²) in [5.74, 6) is -0.850. The highest BCUT2D eigenvalue weighted by Crippen LogP contribution is 2.46. The molecule has 0 atom stereocenters. The van der Waals surface area contributed by atoms with Gasteiger partial charge in [-0.15, -0.1) is 22.7 Å². The summed E-state index contributed by atoms with van der Waals surface area (Å²) in [5.41, 5.74) is 3.55. The third-order valence-corrected chi connectivity index (χ3v) is 12.5. The van der Waals surface area contributed by atoms with Gasteiger partial charge in [0.05, 0.1) is 27.6 Å². The zero-order valence-electron chi connectivity index (χ0n) is 25.0. The molecule has 0 unspecified atom stereocenters. The van der Waals surface area contributed by atoms with Gasteiger partial charge in [0.2, 0.25) is 10.0 Å². The summed E-state index contributed by atoms with van der Waals surface area (Å²) >= 11 is 3.23. The lowest BCUT2D eigenvalue weighted by atomic mass is 9.98. The van der Waals surface area contributed by atoms with Crippen molar-refractivity contribution in [2.24, 2.45) is 5.92 Å². The SMILES string of the molecule is CCOC(=O)C1CCN(S(=O)(=O)c2ccc(C(=O)Nc3sc4c(c3-c3nc5ccccc5s3)CCN(C(C)C)C4)cc2)CC1. The number of hydrogen-bond donors (Lipinski definition) is 1. The number of nitrogens with zero attached hydrogens (tertiary/aromatic N) is 3. The molecule has 1 saturated heterocycles. The molecule has 12 heteroatoms. The molecule has 0 radical (unpaired) electrons. The number of thiazole rings is 1. The maximum atomic E-state index is 13.5. The topological polar surface area (TPSA) is 109 Å². The monoisotopic (exact) mass is 652 g/mol. The number of esters is 1. The van der Waals surface area contributed by atoms with E-state index in [-0.39, 0.29) is 35.8 Å². The van der Waals surface area contributed by atoms with Crippen molar-refractivity contribution < 1.29 is 22.7 Å². The second kappa shape index (κ2) is 12.7. The fourth-order valence-corrected chi connectivity index (χ4v) is 9.70. The molecule has 4 aromatic rings. The van der Waals surface area contributed by atoms with Crippen LogP contribution >= 0.6 is 22.7 Å². The van der Waals surface area contributed by atoms with Crippen LogP contribution in [0, 0.1) is 5.92 Å². The molecular weight excluding hydrogens is 617 g/mol. The van der Waals surface area contributed by atoms with Crippen LogP contribution in [0.25, 0.3) is 20.8 Å². The van der Waals surface area contributed by atoms with E-state index in [1.807, 2.05) is 18.2 Å². The van der Waals surface area contributed by atoms with Crippen LogP contribution in [0.15, 0.2) is 53.4 Å². The van der Waals surface area contributed by atoms with Crippen LogP contribution in [0.4, 0.5) is 5.00 Å². The van der Waals surface area contributed by atoms with Crippen molar-refractivity contribution in [2.45, 2.75) is 57.5 Å². The second-order valence-electron chi connectivity index (χ2n) is 11.4.